The van der Waals surface area contributed by atoms with Crippen molar-refractivity contribution >= 4 is 33.3 Å². The van der Waals surface area contributed by atoms with Gasteiger partial charge in [-0.2, -0.15) is 4.37 Å². The van der Waals surface area contributed by atoms with E-state index in [2.05, 4.69) is 44.5 Å². The lowest BCUT2D eigenvalue weighted by Crippen LogP contribution is -2.46. The van der Waals surface area contributed by atoms with Crippen molar-refractivity contribution in [3.05, 3.63) is 71.8 Å². The van der Waals surface area contributed by atoms with Crippen LogP contribution in [-0.4, -0.2) is 59.3 Å². The maximum Gasteiger partial charge on any atom is 0.254 e. The largest absolute Gasteiger partial charge is 0.359 e. The molecule has 2 aliphatic rings. The van der Waals surface area contributed by atoms with Crippen molar-refractivity contribution < 1.29 is 4.79 Å². The van der Waals surface area contributed by atoms with E-state index in [1.54, 1.807) is 11.5 Å². The minimum Gasteiger partial charge on any atom is -0.359 e. The molecule has 1 amide bonds. The first kappa shape index (κ1) is 18.3. The molecule has 0 atom stereocenters. The van der Waals surface area contributed by atoms with Crippen LogP contribution in [0.3, 0.4) is 0 Å². The summed E-state index contributed by atoms with van der Waals surface area (Å²) >= 11 is 1.61. The number of fused-ring (bicyclic) bond motifs is 2. The van der Waals surface area contributed by atoms with Gasteiger partial charge in [0.05, 0.1) is 5.52 Å². The summed E-state index contributed by atoms with van der Waals surface area (Å²) in [7, 11) is 0. The number of amides is 1. The van der Waals surface area contributed by atoms with E-state index in [1.807, 2.05) is 35.2 Å². The maximum absolute atomic E-state index is 12.4. The molecule has 3 heterocycles. The Kier molecular flexibility index (Phi) is 5.04. The standard InChI is InChI=1S/C23H24N4OS/c28-22-19-8-2-1-7-18(19)17-27(22)12-6-5-11-25-13-15-26(16-14-25)23-20-9-3-4-10-21(20)24-29-23/h1-10H,11-17H2/b6-5-. The topological polar surface area (TPSA) is 39.7 Å². The summed E-state index contributed by atoms with van der Waals surface area (Å²) in [6, 6.07) is 16.3. The normalized spacial score (nSPS) is 17.6. The number of hydrogen-bond acceptors (Lipinski definition) is 5. The van der Waals surface area contributed by atoms with Gasteiger partial charge in [-0.25, -0.2) is 0 Å². The average molecular weight is 405 g/mol. The summed E-state index contributed by atoms with van der Waals surface area (Å²) in [6.45, 7) is 6.49. The second-order valence-electron chi connectivity index (χ2n) is 7.61. The van der Waals surface area contributed by atoms with Crippen molar-refractivity contribution in [3.63, 3.8) is 0 Å². The fraction of sp³-hybridized carbons (Fsp3) is 0.304. The predicted molar refractivity (Wildman–Crippen MR) is 119 cm³/mol. The van der Waals surface area contributed by atoms with Gasteiger partial charge in [0.25, 0.3) is 5.91 Å². The van der Waals surface area contributed by atoms with Crippen molar-refractivity contribution in [2.75, 3.05) is 44.2 Å². The molecule has 148 valence electrons. The highest BCUT2D eigenvalue weighted by Gasteiger charge is 2.25. The lowest BCUT2D eigenvalue weighted by Gasteiger charge is -2.34. The zero-order valence-corrected chi connectivity index (χ0v) is 17.1. The summed E-state index contributed by atoms with van der Waals surface area (Å²) in [5, 5.41) is 2.56. The molecule has 2 aliphatic heterocycles. The van der Waals surface area contributed by atoms with Crippen molar-refractivity contribution in [2.24, 2.45) is 0 Å². The van der Waals surface area contributed by atoms with Gasteiger partial charge in [0.1, 0.15) is 5.00 Å². The van der Waals surface area contributed by atoms with Crippen LogP contribution in [0.25, 0.3) is 10.9 Å². The molecule has 5 nitrogen and oxygen atoms in total. The number of rotatable bonds is 5. The van der Waals surface area contributed by atoms with Gasteiger partial charge in [-0.3, -0.25) is 9.69 Å². The zero-order valence-electron chi connectivity index (χ0n) is 16.3. The Hall–Kier alpha value is -2.70. The number of piperazine rings is 1. The van der Waals surface area contributed by atoms with Crippen LogP contribution in [-0.2, 0) is 6.54 Å². The fourth-order valence-electron chi connectivity index (χ4n) is 4.12. The second kappa shape index (κ2) is 7.97. The van der Waals surface area contributed by atoms with Gasteiger partial charge in [-0.05, 0) is 35.3 Å². The van der Waals surface area contributed by atoms with E-state index in [4.69, 9.17) is 0 Å². The first-order valence-corrected chi connectivity index (χ1v) is 10.9. The fourth-order valence-corrected chi connectivity index (χ4v) is 5.04. The molecular weight excluding hydrogens is 380 g/mol. The number of carbonyl (C=O) groups excluding carboxylic acids is 1. The monoisotopic (exact) mass is 404 g/mol. The van der Waals surface area contributed by atoms with Crippen LogP contribution in [0.4, 0.5) is 5.00 Å². The van der Waals surface area contributed by atoms with Gasteiger partial charge in [0.2, 0.25) is 0 Å². The average Bonchev–Trinajstić information content (AvgIpc) is 3.33. The van der Waals surface area contributed by atoms with Gasteiger partial charge in [-0.15, -0.1) is 0 Å². The summed E-state index contributed by atoms with van der Waals surface area (Å²) in [5.74, 6) is 0.149. The number of carbonyl (C=O) groups is 1. The van der Waals surface area contributed by atoms with E-state index in [9.17, 15) is 4.79 Å². The number of anilines is 1. The number of nitrogens with zero attached hydrogens (tertiary/aromatic N) is 4. The van der Waals surface area contributed by atoms with Crippen molar-refractivity contribution in [1.29, 1.82) is 0 Å². The Morgan fingerprint density at radius 2 is 1.69 bits per heavy atom. The maximum atomic E-state index is 12.4. The zero-order chi connectivity index (χ0) is 19.6. The van der Waals surface area contributed by atoms with Crippen molar-refractivity contribution in [2.45, 2.75) is 6.54 Å². The molecule has 0 aliphatic carbocycles. The molecule has 0 saturated carbocycles. The molecule has 1 saturated heterocycles. The third-order valence-corrected chi connectivity index (χ3v) is 6.72. The predicted octanol–water partition coefficient (Wildman–Crippen LogP) is 3.63. The van der Waals surface area contributed by atoms with Gasteiger partial charge >= 0.3 is 0 Å². The molecule has 29 heavy (non-hydrogen) atoms. The Labute approximate surface area is 175 Å². The summed E-state index contributed by atoms with van der Waals surface area (Å²) in [4.78, 5) is 19.2. The molecule has 6 heteroatoms. The number of benzene rings is 2. The Balaban J connectivity index is 1.11. The lowest BCUT2D eigenvalue weighted by atomic mass is 10.1. The molecule has 0 bridgehead atoms. The second-order valence-corrected chi connectivity index (χ2v) is 8.36. The smallest absolute Gasteiger partial charge is 0.254 e. The van der Waals surface area contributed by atoms with Crippen LogP contribution in [0.15, 0.2) is 60.7 Å². The molecule has 1 aromatic heterocycles. The van der Waals surface area contributed by atoms with E-state index in [0.29, 0.717) is 6.54 Å². The highest BCUT2D eigenvalue weighted by Crippen LogP contribution is 2.31. The third kappa shape index (κ3) is 3.66. The van der Waals surface area contributed by atoms with Gasteiger partial charge < -0.3 is 9.80 Å². The minimum absolute atomic E-state index is 0.149. The molecule has 1 fully saturated rings. The molecule has 0 spiro atoms. The number of aromatic nitrogens is 1. The molecule has 0 unspecified atom stereocenters. The van der Waals surface area contributed by atoms with Crippen molar-refractivity contribution in [1.82, 2.24) is 14.2 Å². The van der Waals surface area contributed by atoms with E-state index in [0.717, 1.165) is 55.9 Å². The van der Waals surface area contributed by atoms with Crippen molar-refractivity contribution in [3.8, 4) is 0 Å². The van der Waals surface area contributed by atoms with Crippen LogP contribution in [0, 0.1) is 0 Å². The number of hydrogen-bond donors (Lipinski definition) is 0. The summed E-state index contributed by atoms with van der Waals surface area (Å²) < 4.78 is 4.58. The minimum atomic E-state index is 0.149. The van der Waals surface area contributed by atoms with Crippen LogP contribution < -0.4 is 4.90 Å². The molecule has 2 aromatic carbocycles. The third-order valence-electron chi connectivity index (χ3n) is 5.78. The van der Waals surface area contributed by atoms with Crippen LogP contribution in [0.5, 0.6) is 0 Å². The molecule has 0 N–H and O–H groups in total. The summed E-state index contributed by atoms with van der Waals surface area (Å²) in [6.07, 6.45) is 4.33. The Morgan fingerprint density at radius 1 is 0.931 bits per heavy atom. The van der Waals surface area contributed by atoms with Gasteiger partial charge in [0, 0.05) is 56.8 Å². The highest BCUT2D eigenvalue weighted by atomic mass is 32.1. The Morgan fingerprint density at radius 3 is 2.55 bits per heavy atom. The van der Waals surface area contributed by atoms with Crippen LogP contribution >= 0.6 is 11.5 Å². The molecule has 5 rings (SSSR count). The summed E-state index contributed by atoms with van der Waals surface area (Å²) in [5.41, 5.74) is 3.08. The van der Waals surface area contributed by atoms with Crippen LogP contribution in [0.2, 0.25) is 0 Å². The first-order chi connectivity index (χ1) is 14.3. The van der Waals surface area contributed by atoms with Crippen LogP contribution in [0.1, 0.15) is 15.9 Å². The highest BCUT2D eigenvalue weighted by molar-refractivity contribution is 7.11. The Bertz CT molecular complexity index is 1050. The SMILES string of the molecule is O=C1c2ccccc2CN1C/C=C\CN1CCN(c2snc3ccccc23)CC1. The molecule has 3 aromatic rings. The lowest BCUT2D eigenvalue weighted by molar-refractivity contribution is 0.0796. The van der Waals surface area contributed by atoms with E-state index >= 15 is 0 Å². The molecular formula is C23H24N4OS. The van der Waals surface area contributed by atoms with E-state index in [-0.39, 0.29) is 5.91 Å². The first-order valence-electron chi connectivity index (χ1n) is 10.1. The van der Waals surface area contributed by atoms with Gasteiger partial charge in [0.15, 0.2) is 0 Å². The quantitative estimate of drug-likeness (QED) is 0.609. The molecule has 0 radical (unpaired) electrons. The van der Waals surface area contributed by atoms with Gasteiger partial charge in [-0.1, -0.05) is 42.5 Å². The van der Waals surface area contributed by atoms with E-state index < -0.39 is 0 Å². The van der Waals surface area contributed by atoms with E-state index in [1.165, 1.54) is 10.4 Å².